The predicted octanol–water partition coefficient (Wildman–Crippen LogP) is 5.16. The molecule has 0 aliphatic heterocycles. The van der Waals surface area contributed by atoms with Crippen molar-refractivity contribution in [1.82, 2.24) is 15.0 Å². The zero-order chi connectivity index (χ0) is 28.4. The Morgan fingerprint density at radius 1 is 1.05 bits per heavy atom. The quantitative estimate of drug-likeness (QED) is 0.309. The molecule has 1 N–H and O–H groups in total. The zero-order valence-corrected chi connectivity index (χ0v) is 22.7. The molecule has 0 saturated heterocycles. The highest BCUT2D eigenvalue weighted by Crippen LogP contribution is 2.48. The average molecular weight is 583 g/mol. The van der Waals surface area contributed by atoms with Crippen molar-refractivity contribution in [3.8, 4) is 6.01 Å². The van der Waals surface area contributed by atoms with Crippen LogP contribution in [0.4, 0.5) is 19.1 Å². The number of hydrogen-bond acceptors (Lipinski definition) is 8. The summed E-state index contributed by atoms with van der Waals surface area (Å²) in [6.07, 6.45) is -2.95. The number of alkyl halides is 3. The molecule has 0 unspecified atom stereocenters. The molecule has 208 valence electrons. The minimum absolute atomic E-state index is 0.0651. The van der Waals surface area contributed by atoms with Crippen molar-refractivity contribution >= 4 is 33.2 Å². The predicted molar refractivity (Wildman–Crippen MR) is 140 cm³/mol. The maximum atomic E-state index is 12.8. The number of sulfone groups is 1. The summed E-state index contributed by atoms with van der Waals surface area (Å²) in [5.74, 6) is -0.906. The minimum atomic E-state index is -4.58. The first kappa shape index (κ1) is 28.8. The monoisotopic (exact) mass is 582 g/mol. The largest absolute Gasteiger partial charge is 0.454 e. The number of anilines is 1. The standard InChI is InChI=1S/C26H26ClF3N4O4S/c1-16(2)39(36,37)14-21(35)18-5-3-17(4-6-18)13-22-31-23(33-24(32-22)38-15-26(28,29)30)34-25(11-12-25)19-7-9-20(27)10-8-19/h3-10,16H,11-15H2,1-2H3,(H,31,32,33,34). The van der Waals surface area contributed by atoms with Crippen molar-refractivity contribution in [1.29, 1.82) is 0 Å². The van der Waals surface area contributed by atoms with Crippen LogP contribution in [-0.4, -0.2) is 52.9 Å². The fourth-order valence-corrected chi connectivity index (χ4v) is 4.75. The lowest BCUT2D eigenvalue weighted by atomic mass is 10.1. The molecule has 39 heavy (non-hydrogen) atoms. The molecule has 3 aromatic rings. The van der Waals surface area contributed by atoms with Gasteiger partial charge in [0.05, 0.1) is 10.8 Å². The number of nitrogens with one attached hydrogen (secondary N) is 1. The van der Waals surface area contributed by atoms with E-state index in [1.807, 2.05) is 12.1 Å². The van der Waals surface area contributed by atoms with Gasteiger partial charge in [-0.15, -0.1) is 0 Å². The maximum absolute atomic E-state index is 12.8. The summed E-state index contributed by atoms with van der Waals surface area (Å²) >= 11 is 5.99. The number of rotatable bonds is 11. The number of nitrogens with zero attached hydrogens (tertiary/aromatic N) is 3. The minimum Gasteiger partial charge on any atom is -0.454 e. The first-order valence-electron chi connectivity index (χ1n) is 12.1. The summed E-state index contributed by atoms with van der Waals surface area (Å²) in [6, 6.07) is 13.0. The lowest BCUT2D eigenvalue weighted by molar-refractivity contribution is -0.154. The van der Waals surface area contributed by atoms with Crippen LogP contribution in [0.3, 0.4) is 0 Å². The molecule has 4 rings (SSSR count). The van der Waals surface area contributed by atoms with E-state index < -0.39 is 51.0 Å². The molecule has 1 aromatic heterocycles. The Kier molecular flexibility index (Phi) is 8.17. The highest BCUT2D eigenvalue weighted by molar-refractivity contribution is 7.92. The number of carbonyl (C=O) groups is 1. The molecule has 0 amide bonds. The van der Waals surface area contributed by atoms with Crippen LogP contribution in [0.2, 0.25) is 5.02 Å². The molecule has 1 aliphatic carbocycles. The molecule has 0 radical (unpaired) electrons. The van der Waals surface area contributed by atoms with Crippen molar-refractivity contribution in [2.45, 2.75) is 50.1 Å². The summed E-state index contributed by atoms with van der Waals surface area (Å²) < 4.78 is 67.3. The third-order valence-electron chi connectivity index (χ3n) is 6.21. The third kappa shape index (κ3) is 7.66. The molecule has 13 heteroatoms. The Morgan fingerprint density at radius 2 is 1.69 bits per heavy atom. The van der Waals surface area contributed by atoms with Crippen LogP contribution in [0, 0.1) is 0 Å². The second kappa shape index (κ2) is 11.1. The van der Waals surface area contributed by atoms with E-state index >= 15 is 0 Å². The molecular formula is C26H26ClF3N4O4S. The smallest absolute Gasteiger partial charge is 0.422 e. The second-order valence-electron chi connectivity index (χ2n) is 9.63. The van der Waals surface area contributed by atoms with Crippen LogP contribution in [0.1, 0.15) is 54.0 Å². The van der Waals surface area contributed by atoms with Gasteiger partial charge in [-0.1, -0.05) is 48.0 Å². The first-order valence-corrected chi connectivity index (χ1v) is 14.2. The van der Waals surface area contributed by atoms with Crippen molar-refractivity contribution < 1.29 is 31.1 Å². The van der Waals surface area contributed by atoms with E-state index in [0.29, 0.717) is 10.6 Å². The molecule has 1 heterocycles. The highest BCUT2D eigenvalue weighted by atomic mass is 35.5. The molecule has 0 spiro atoms. The lowest BCUT2D eigenvalue weighted by Gasteiger charge is -2.19. The molecule has 2 aromatic carbocycles. The van der Waals surface area contributed by atoms with Gasteiger partial charge >= 0.3 is 12.2 Å². The van der Waals surface area contributed by atoms with Gasteiger partial charge in [0.2, 0.25) is 5.95 Å². The Bertz CT molecular complexity index is 1440. The molecule has 1 fully saturated rings. The summed E-state index contributed by atoms with van der Waals surface area (Å²) in [6.45, 7) is 1.46. The number of halogens is 4. The van der Waals surface area contributed by atoms with E-state index in [-0.39, 0.29) is 23.8 Å². The van der Waals surface area contributed by atoms with Crippen LogP contribution in [0.15, 0.2) is 48.5 Å². The van der Waals surface area contributed by atoms with E-state index in [1.54, 1.807) is 24.3 Å². The number of aromatic nitrogens is 3. The van der Waals surface area contributed by atoms with Gasteiger partial charge in [0, 0.05) is 17.0 Å². The molecule has 0 bridgehead atoms. The second-order valence-corrected chi connectivity index (χ2v) is 12.6. The van der Waals surface area contributed by atoms with Gasteiger partial charge in [-0.05, 0) is 49.9 Å². The Morgan fingerprint density at radius 3 is 2.26 bits per heavy atom. The van der Waals surface area contributed by atoms with E-state index in [9.17, 15) is 26.4 Å². The van der Waals surface area contributed by atoms with E-state index in [2.05, 4.69) is 20.3 Å². The molecule has 1 aliphatic rings. The summed E-state index contributed by atoms with van der Waals surface area (Å²) in [5.41, 5.74) is 1.33. The van der Waals surface area contributed by atoms with Gasteiger partial charge in [0.15, 0.2) is 22.2 Å². The van der Waals surface area contributed by atoms with Crippen molar-refractivity contribution in [2.75, 3.05) is 17.7 Å². The SMILES string of the molecule is CC(C)S(=O)(=O)CC(=O)c1ccc(Cc2nc(NC3(c4ccc(Cl)cc4)CC3)nc(OCC(F)(F)F)n2)cc1. The number of benzene rings is 2. The fraction of sp³-hybridized carbons (Fsp3) is 0.385. The van der Waals surface area contributed by atoms with Crippen LogP contribution in [0.25, 0.3) is 0 Å². The van der Waals surface area contributed by atoms with E-state index in [4.69, 9.17) is 16.3 Å². The van der Waals surface area contributed by atoms with Gasteiger partial charge in [-0.3, -0.25) is 4.79 Å². The van der Waals surface area contributed by atoms with Gasteiger partial charge in [0.25, 0.3) is 0 Å². The van der Waals surface area contributed by atoms with Crippen molar-refractivity contribution in [2.24, 2.45) is 0 Å². The number of ether oxygens (including phenoxy) is 1. The third-order valence-corrected chi connectivity index (χ3v) is 8.57. The number of ketones is 1. The average Bonchev–Trinajstić information content (AvgIpc) is 3.63. The van der Waals surface area contributed by atoms with Crippen molar-refractivity contribution in [3.05, 3.63) is 76.1 Å². The van der Waals surface area contributed by atoms with Gasteiger partial charge in [0.1, 0.15) is 11.6 Å². The van der Waals surface area contributed by atoms with E-state index in [0.717, 1.165) is 18.4 Å². The Labute approximate surface area is 228 Å². The van der Waals surface area contributed by atoms with Crippen molar-refractivity contribution in [3.63, 3.8) is 0 Å². The highest BCUT2D eigenvalue weighted by Gasteiger charge is 2.45. The molecular weight excluding hydrogens is 557 g/mol. The molecule has 1 saturated carbocycles. The fourth-order valence-electron chi connectivity index (χ4n) is 3.76. The summed E-state index contributed by atoms with van der Waals surface area (Å²) in [4.78, 5) is 24.9. The van der Waals surface area contributed by atoms with Crippen LogP contribution in [0.5, 0.6) is 6.01 Å². The van der Waals surface area contributed by atoms with Crippen LogP contribution >= 0.6 is 11.6 Å². The van der Waals surface area contributed by atoms with Gasteiger partial charge < -0.3 is 10.1 Å². The maximum Gasteiger partial charge on any atom is 0.422 e. The first-order chi connectivity index (χ1) is 18.2. The Hall–Kier alpha value is -3.25. The van der Waals surface area contributed by atoms with Gasteiger partial charge in [-0.25, -0.2) is 8.42 Å². The van der Waals surface area contributed by atoms with Crippen LogP contribution < -0.4 is 10.1 Å². The summed E-state index contributed by atoms with van der Waals surface area (Å²) in [5, 5.41) is 3.12. The topological polar surface area (TPSA) is 111 Å². The van der Waals surface area contributed by atoms with Crippen LogP contribution in [-0.2, 0) is 21.8 Å². The molecule has 0 atom stereocenters. The normalized spacial score (nSPS) is 14.7. The number of Topliss-reactive ketones (excluding diaryl/α,β-unsaturated/α-hetero) is 1. The summed E-state index contributed by atoms with van der Waals surface area (Å²) in [7, 11) is -3.55. The lowest BCUT2D eigenvalue weighted by Crippen LogP contribution is -2.23. The zero-order valence-electron chi connectivity index (χ0n) is 21.1. The number of hydrogen-bond donors (Lipinski definition) is 1. The van der Waals surface area contributed by atoms with E-state index in [1.165, 1.54) is 26.0 Å². The van der Waals surface area contributed by atoms with Gasteiger partial charge in [-0.2, -0.15) is 28.1 Å². The molecule has 8 nitrogen and oxygen atoms in total. The number of carbonyl (C=O) groups excluding carboxylic acids is 1. The Balaban J connectivity index is 1.55.